The predicted octanol–water partition coefficient (Wildman–Crippen LogP) is 3.70. The van der Waals surface area contributed by atoms with E-state index in [1.165, 1.54) is 66.8 Å². The van der Waals surface area contributed by atoms with Crippen molar-refractivity contribution in [1.29, 1.82) is 0 Å². The second kappa shape index (κ2) is 11.9. The van der Waals surface area contributed by atoms with Crippen LogP contribution in [0.3, 0.4) is 0 Å². The molecule has 0 radical (unpaired) electrons. The van der Waals surface area contributed by atoms with Crippen LogP contribution in [0, 0.1) is 0 Å². The van der Waals surface area contributed by atoms with E-state index < -0.39 is 16.1 Å². The first-order valence-electron chi connectivity index (χ1n) is 19.3. The zero-order valence-corrected chi connectivity index (χ0v) is 32.6. The number of aromatic nitrogens is 4. The average molecular weight is 727 g/mol. The van der Waals surface area contributed by atoms with Gasteiger partial charge in [-0.2, -0.15) is 0 Å². The van der Waals surface area contributed by atoms with Crippen LogP contribution in [0.25, 0.3) is 28.0 Å². The van der Waals surface area contributed by atoms with Gasteiger partial charge in [0.05, 0.1) is 5.52 Å². The Bertz CT molecular complexity index is 2720. The van der Waals surface area contributed by atoms with Crippen molar-refractivity contribution < 1.29 is 0 Å². The summed E-state index contributed by atoms with van der Waals surface area (Å²) in [5.41, 5.74) is 11.2. The quantitative estimate of drug-likeness (QED) is 0.260. The van der Waals surface area contributed by atoms with Crippen molar-refractivity contribution in [2.24, 2.45) is 0 Å². The van der Waals surface area contributed by atoms with Gasteiger partial charge in [0.1, 0.15) is 20.7 Å². The molecule has 3 aliphatic rings. The van der Waals surface area contributed by atoms with Crippen molar-refractivity contribution in [3.63, 3.8) is 0 Å². The third-order valence-corrected chi connectivity index (χ3v) is 21.3. The molecule has 4 heterocycles. The van der Waals surface area contributed by atoms with Gasteiger partial charge in [0.15, 0.2) is 13.9 Å². The van der Waals surface area contributed by atoms with Crippen LogP contribution in [0.1, 0.15) is 24.1 Å². The van der Waals surface area contributed by atoms with E-state index in [0.29, 0.717) is 5.82 Å². The van der Waals surface area contributed by atoms with Crippen LogP contribution in [0.4, 0.5) is 0 Å². The van der Waals surface area contributed by atoms with Crippen LogP contribution in [0.2, 0.25) is 13.1 Å². The zero-order valence-electron chi connectivity index (χ0n) is 30.6. The van der Waals surface area contributed by atoms with Gasteiger partial charge in [-0.15, -0.1) is 0 Å². The molecule has 7 heteroatoms. The van der Waals surface area contributed by atoms with E-state index in [1.54, 1.807) is 34.1 Å². The molecule has 6 aromatic carbocycles. The van der Waals surface area contributed by atoms with Gasteiger partial charge in [0, 0.05) is 22.3 Å². The lowest BCUT2D eigenvalue weighted by Gasteiger charge is -2.48. The number of hydrogen-bond acceptors (Lipinski definition) is 3. The maximum atomic E-state index is 4.65. The van der Waals surface area contributed by atoms with Crippen molar-refractivity contribution >= 4 is 81.3 Å². The predicted molar refractivity (Wildman–Crippen MR) is 230 cm³/mol. The fourth-order valence-corrected chi connectivity index (χ4v) is 19.3. The Morgan fingerprint density at radius 1 is 0.593 bits per heavy atom. The minimum Gasteiger partial charge on any atom is -0.313 e. The summed E-state index contributed by atoms with van der Waals surface area (Å²) in [5.74, 6) is 0.709. The summed E-state index contributed by atoms with van der Waals surface area (Å²) < 4.78 is 2.61. The normalized spacial score (nSPS) is 15.9. The van der Waals surface area contributed by atoms with Gasteiger partial charge in [-0.05, 0) is 70.2 Å². The first-order valence-corrected chi connectivity index (χ1v) is 24.3. The minimum atomic E-state index is -2.86. The fourth-order valence-electron chi connectivity index (χ4n) is 10.6. The molecule has 0 N–H and O–H groups in total. The molecule has 54 heavy (non-hydrogen) atoms. The van der Waals surface area contributed by atoms with Crippen LogP contribution < -0.4 is 47.5 Å². The lowest BCUT2D eigenvalue weighted by Crippen LogP contribution is -2.91. The topological polar surface area (TPSA) is 43.6 Å². The van der Waals surface area contributed by atoms with E-state index in [0.717, 1.165) is 18.4 Å². The van der Waals surface area contributed by atoms with Gasteiger partial charge in [-0.3, -0.25) is 0 Å². The van der Waals surface area contributed by atoms with Gasteiger partial charge in [-0.25, -0.2) is 15.0 Å². The molecule has 0 atom stereocenters. The van der Waals surface area contributed by atoms with Crippen molar-refractivity contribution in [3.8, 4) is 17.1 Å². The van der Waals surface area contributed by atoms with E-state index in [2.05, 4.69) is 172 Å². The summed E-state index contributed by atoms with van der Waals surface area (Å²) >= 11 is 0. The van der Waals surface area contributed by atoms with Crippen LogP contribution >= 0.6 is 0 Å². The second-order valence-electron chi connectivity index (χ2n) is 15.8. The molecule has 4 nitrogen and oxygen atoms in total. The standard InChI is InChI=1S/C47H39BN4Si2/c1-53(2)42-27-25-33(52-40-20-11-9-18-36(40)37-19-10-12-21-41(37)52)29-39(42)48-38-26-24-32(47-50-30-49-31-51-47)28-45(38)54(34-14-5-3-6-15-34,35-16-7-4-8-17-35)44-23-13-22-43(53)46(44)48/h3-9,11,13-18,20,22-31H,10,12,19,21H2,1-2H3. The van der Waals surface area contributed by atoms with Crippen molar-refractivity contribution in [2.75, 3.05) is 0 Å². The zero-order chi connectivity index (χ0) is 36.0. The van der Waals surface area contributed by atoms with Crippen LogP contribution in [-0.4, -0.2) is 42.4 Å². The molecular formula is C47H39BN4Si2. The number of hydrogen-bond donors (Lipinski definition) is 0. The number of benzene rings is 6. The lowest BCUT2D eigenvalue weighted by molar-refractivity contribution is 0.667. The third kappa shape index (κ3) is 4.34. The summed E-state index contributed by atoms with van der Waals surface area (Å²) in [6.07, 6.45) is 8.02. The van der Waals surface area contributed by atoms with Crippen molar-refractivity contribution in [2.45, 2.75) is 38.8 Å². The number of fused-ring (bicyclic) bond motifs is 7. The first-order chi connectivity index (χ1) is 26.6. The molecular weight excluding hydrogens is 688 g/mol. The maximum absolute atomic E-state index is 4.65. The van der Waals surface area contributed by atoms with Crippen molar-refractivity contribution in [3.05, 3.63) is 163 Å². The Hall–Kier alpha value is -5.63. The van der Waals surface area contributed by atoms with Gasteiger partial charge >= 0.3 is 0 Å². The van der Waals surface area contributed by atoms with E-state index >= 15 is 0 Å². The Kier molecular flexibility index (Phi) is 7.04. The largest absolute Gasteiger partial charge is 0.313 e. The fraction of sp³-hybridized carbons (Fsp3) is 0.128. The molecule has 0 unspecified atom stereocenters. The average Bonchev–Trinajstić information content (AvgIpc) is 3.57. The maximum Gasteiger partial charge on any atom is 0.240 e. The smallest absolute Gasteiger partial charge is 0.240 e. The molecule has 258 valence electrons. The molecule has 8 aromatic rings. The molecule has 0 saturated carbocycles. The van der Waals surface area contributed by atoms with E-state index in [1.807, 2.05) is 0 Å². The van der Waals surface area contributed by atoms with Gasteiger partial charge in [0.25, 0.3) is 0 Å². The molecule has 0 bridgehead atoms. The van der Waals surface area contributed by atoms with Crippen molar-refractivity contribution in [1.82, 2.24) is 19.5 Å². The highest BCUT2D eigenvalue weighted by Crippen LogP contribution is 2.34. The monoisotopic (exact) mass is 726 g/mol. The third-order valence-electron chi connectivity index (χ3n) is 12.9. The summed E-state index contributed by atoms with van der Waals surface area (Å²) in [7, 11) is -5.00. The summed E-state index contributed by atoms with van der Waals surface area (Å²) in [4.78, 5) is 13.5. The summed E-state index contributed by atoms with van der Waals surface area (Å²) in [6, 6.07) is 53.9. The number of aryl methyl sites for hydroxylation is 1. The molecule has 2 aromatic heterocycles. The van der Waals surface area contributed by atoms with Crippen LogP contribution in [-0.2, 0) is 12.8 Å². The summed E-state index contributed by atoms with van der Waals surface area (Å²) in [6.45, 7) is 5.27. The highest BCUT2D eigenvalue weighted by atomic mass is 28.3. The lowest BCUT2D eigenvalue weighted by atomic mass is 9.36. The second-order valence-corrected chi connectivity index (χ2v) is 23.9. The molecule has 11 rings (SSSR count). The highest BCUT2D eigenvalue weighted by molar-refractivity contribution is 7.28. The van der Waals surface area contributed by atoms with E-state index in [9.17, 15) is 0 Å². The first kappa shape index (κ1) is 31.9. The number of rotatable bonds is 4. The Morgan fingerprint density at radius 2 is 1.30 bits per heavy atom. The highest BCUT2D eigenvalue weighted by Gasteiger charge is 2.54. The molecule has 2 aliphatic heterocycles. The number of nitrogens with zero attached hydrogens (tertiary/aromatic N) is 4. The van der Waals surface area contributed by atoms with E-state index in [4.69, 9.17) is 0 Å². The van der Waals surface area contributed by atoms with Crippen LogP contribution in [0.5, 0.6) is 0 Å². The Labute approximate surface area is 318 Å². The molecule has 0 saturated heterocycles. The van der Waals surface area contributed by atoms with E-state index in [-0.39, 0.29) is 6.71 Å². The van der Waals surface area contributed by atoms with Crippen LogP contribution in [0.15, 0.2) is 152 Å². The Morgan fingerprint density at radius 3 is 2.07 bits per heavy atom. The molecule has 0 spiro atoms. The Balaban J connectivity index is 1.25. The van der Waals surface area contributed by atoms with Gasteiger partial charge in [0.2, 0.25) is 6.71 Å². The van der Waals surface area contributed by atoms with Gasteiger partial charge in [-0.1, -0.05) is 161 Å². The molecule has 1 aliphatic carbocycles. The minimum absolute atomic E-state index is 0.111. The SMILES string of the molecule is C[Si]1(C)c2ccc(-n3c4c(c5ccccc53)CCCC4)cc2B2c3ccc(-c4ncncn4)cc3[Si](c3ccccc3)(c3ccccc3)c3cccc1c32. The summed E-state index contributed by atoms with van der Waals surface area (Å²) in [5, 5.41) is 10.3. The molecule has 0 fully saturated rings. The molecule has 0 amide bonds. The number of para-hydroxylation sites is 1. The van der Waals surface area contributed by atoms with Gasteiger partial charge < -0.3 is 4.57 Å².